The fourth-order valence-corrected chi connectivity index (χ4v) is 5.35. The van der Waals surface area contributed by atoms with Crippen molar-refractivity contribution in [2.45, 2.75) is 136 Å². The van der Waals surface area contributed by atoms with E-state index in [1.165, 1.54) is 6.92 Å². The van der Waals surface area contributed by atoms with Gasteiger partial charge >= 0.3 is 11.9 Å². The number of aliphatic hydroxyl groups is 1. The number of carbonyl (C=O) groups excluding carboxylic acids is 7. The van der Waals surface area contributed by atoms with Gasteiger partial charge in [-0.05, 0) is 63.3 Å². The molecule has 0 bridgehead atoms. The number of amides is 7. The lowest BCUT2D eigenvalue weighted by Gasteiger charge is -2.28. The van der Waals surface area contributed by atoms with Gasteiger partial charge in [0.25, 0.3) is 0 Å². The van der Waals surface area contributed by atoms with E-state index in [0.29, 0.717) is 32.2 Å². The van der Waals surface area contributed by atoms with E-state index in [4.69, 9.17) is 11.5 Å². The summed E-state index contributed by atoms with van der Waals surface area (Å²) >= 11 is 0. The van der Waals surface area contributed by atoms with Crippen molar-refractivity contribution in [2.75, 3.05) is 19.7 Å². The van der Waals surface area contributed by atoms with Crippen LogP contribution in [0.4, 0.5) is 0 Å². The molecule has 21 nitrogen and oxygen atoms in total. The van der Waals surface area contributed by atoms with Crippen LogP contribution in [0.15, 0.2) is 0 Å². The summed E-state index contributed by atoms with van der Waals surface area (Å²) in [7, 11) is 0. The highest BCUT2D eigenvalue weighted by atomic mass is 16.4. The van der Waals surface area contributed by atoms with Crippen LogP contribution in [0.2, 0.25) is 0 Å². The zero-order chi connectivity index (χ0) is 44.0. The number of nitrogens with two attached hydrogens (primary N) is 2. The Morgan fingerprint density at radius 1 is 0.614 bits per heavy atom. The number of carbonyl (C=O) groups is 9. The second kappa shape index (κ2) is 26.9. The van der Waals surface area contributed by atoms with E-state index in [2.05, 4.69) is 37.2 Å². The summed E-state index contributed by atoms with van der Waals surface area (Å²) in [6, 6.07) is -9.31. The summed E-state index contributed by atoms with van der Waals surface area (Å²) in [6.45, 7) is 10.6. The third-order valence-electron chi connectivity index (χ3n) is 8.78. The normalized spacial score (nSPS) is 15.4. The van der Waals surface area contributed by atoms with E-state index in [-0.39, 0.29) is 24.7 Å². The first-order valence-corrected chi connectivity index (χ1v) is 19.2. The highest BCUT2D eigenvalue weighted by Gasteiger charge is 2.35. The van der Waals surface area contributed by atoms with Gasteiger partial charge in [0.05, 0.1) is 25.6 Å². The van der Waals surface area contributed by atoms with E-state index >= 15 is 0 Å². The van der Waals surface area contributed by atoms with Gasteiger partial charge in [-0.3, -0.25) is 38.4 Å². The Bertz CT molecular complexity index is 1380. The van der Waals surface area contributed by atoms with Gasteiger partial charge in [0.1, 0.15) is 36.3 Å². The first-order chi connectivity index (χ1) is 26.6. The Morgan fingerprint density at radius 2 is 1.18 bits per heavy atom. The summed E-state index contributed by atoms with van der Waals surface area (Å²) in [5, 5.41) is 45.5. The molecule has 0 aliphatic rings. The Labute approximate surface area is 333 Å². The molecule has 0 spiro atoms. The predicted octanol–water partition coefficient (Wildman–Crippen LogP) is -2.82. The van der Waals surface area contributed by atoms with Crippen LogP contribution in [-0.4, -0.2) is 131 Å². The highest BCUT2D eigenvalue weighted by molar-refractivity contribution is 5.98. The average Bonchev–Trinajstić information content (AvgIpc) is 3.12. The molecule has 0 radical (unpaired) electrons. The van der Waals surface area contributed by atoms with Gasteiger partial charge in [0.2, 0.25) is 41.4 Å². The van der Waals surface area contributed by atoms with Gasteiger partial charge < -0.3 is 64.0 Å². The molecular weight excluding hydrogens is 750 g/mol. The molecule has 0 heterocycles. The van der Waals surface area contributed by atoms with Crippen molar-refractivity contribution in [1.29, 1.82) is 0 Å². The van der Waals surface area contributed by atoms with E-state index in [1.54, 1.807) is 27.7 Å². The van der Waals surface area contributed by atoms with E-state index in [1.807, 2.05) is 13.8 Å². The molecule has 0 saturated heterocycles. The van der Waals surface area contributed by atoms with Gasteiger partial charge in [-0.2, -0.15) is 0 Å². The van der Waals surface area contributed by atoms with Gasteiger partial charge in [-0.1, -0.05) is 48.0 Å². The maximum absolute atomic E-state index is 13.5. The molecule has 21 heteroatoms. The third-order valence-corrected chi connectivity index (χ3v) is 8.78. The molecule has 0 aromatic rings. The van der Waals surface area contributed by atoms with Crippen molar-refractivity contribution in [3.63, 3.8) is 0 Å². The molecule has 0 unspecified atom stereocenters. The summed E-state index contributed by atoms with van der Waals surface area (Å²) in [5.74, 6) is -9.52. The number of aliphatic carboxylic acids is 2. The predicted molar refractivity (Wildman–Crippen MR) is 206 cm³/mol. The number of aliphatic hydroxyl groups excluding tert-OH is 1. The monoisotopic (exact) mass is 815 g/mol. The third kappa shape index (κ3) is 20.7. The lowest BCUT2D eigenvalue weighted by molar-refractivity contribution is -0.142. The zero-order valence-corrected chi connectivity index (χ0v) is 34.0. The van der Waals surface area contributed by atoms with Crippen LogP contribution in [0, 0.1) is 17.8 Å². The molecular formula is C36H65N9O12. The Hall–Kier alpha value is -4.89. The number of carboxylic acids is 2. The second-order valence-corrected chi connectivity index (χ2v) is 14.9. The maximum atomic E-state index is 13.5. The standard InChI is InChI=1S/C36H65N9O12/c1-8-20(6)29(45-33(53)25(15-28(48)49)42-30(50)21(7)40-31(51)22(38)13-18(2)3)35(55)44-26(17-46)34(54)43-24(14-19(4)5)32(52)39-16-27(47)41-23(36(56)57)11-9-10-12-37/h18-26,29,46H,8-17,37-38H2,1-7H3,(H,39,52)(H,40,51)(H,41,47)(H,42,50)(H,43,54)(H,44,55)(H,45,53)(H,48,49)(H,56,57)/t20-,21-,22-,23-,24-,25-,26-,29-/m0/s1. The number of unbranched alkanes of at least 4 members (excludes halogenated alkanes) is 1. The fraction of sp³-hybridized carbons (Fsp3) is 0.750. The number of carboxylic acid groups (broad SMARTS) is 2. The molecule has 7 amide bonds. The van der Waals surface area contributed by atoms with Crippen LogP contribution < -0.4 is 48.7 Å². The van der Waals surface area contributed by atoms with Gasteiger partial charge in [0, 0.05) is 0 Å². The van der Waals surface area contributed by atoms with Crippen LogP contribution >= 0.6 is 0 Å². The number of hydrogen-bond donors (Lipinski definition) is 12. The molecule has 8 atom stereocenters. The summed E-state index contributed by atoms with van der Waals surface area (Å²) < 4.78 is 0. The molecule has 0 aliphatic carbocycles. The molecule has 0 saturated carbocycles. The molecule has 326 valence electrons. The van der Waals surface area contributed by atoms with E-state index < -0.39 is 121 Å². The Morgan fingerprint density at radius 3 is 1.68 bits per heavy atom. The average molecular weight is 816 g/mol. The number of rotatable bonds is 28. The van der Waals surface area contributed by atoms with Crippen molar-refractivity contribution in [1.82, 2.24) is 37.2 Å². The Kier molecular flexibility index (Phi) is 24.6. The first-order valence-electron chi connectivity index (χ1n) is 19.2. The molecule has 0 aromatic heterocycles. The molecule has 14 N–H and O–H groups in total. The zero-order valence-electron chi connectivity index (χ0n) is 34.0. The van der Waals surface area contributed by atoms with Crippen LogP contribution in [0.25, 0.3) is 0 Å². The minimum atomic E-state index is -1.70. The quantitative estimate of drug-likeness (QED) is 0.0355. The van der Waals surface area contributed by atoms with E-state index in [9.17, 15) is 58.5 Å². The smallest absolute Gasteiger partial charge is 0.326 e. The maximum Gasteiger partial charge on any atom is 0.326 e. The topological polar surface area (TPSA) is 351 Å². The van der Waals surface area contributed by atoms with Gasteiger partial charge in [-0.15, -0.1) is 0 Å². The van der Waals surface area contributed by atoms with Crippen molar-refractivity contribution in [2.24, 2.45) is 29.2 Å². The van der Waals surface area contributed by atoms with E-state index in [0.717, 1.165) is 0 Å². The van der Waals surface area contributed by atoms with Crippen LogP contribution in [-0.2, 0) is 43.2 Å². The van der Waals surface area contributed by atoms with Crippen molar-refractivity contribution in [3.05, 3.63) is 0 Å². The van der Waals surface area contributed by atoms with Crippen molar-refractivity contribution >= 4 is 53.3 Å². The lowest BCUT2D eigenvalue weighted by Crippen LogP contribution is -2.61. The molecule has 0 fully saturated rings. The number of nitrogens with one attached hydrogen (secondary N) is 7. The fourth-order valence-electron chi connectivity index (χ4n) is 5.35. The van der Waals surface area contributed by atoms with Crippen LogP contribution in [0.1, 0.15) is 93.4 Å². The summed E-state index contributed by atoms with van der Waals surface area (Å²) in [6.07, 6.45) is 0.951. The van der Waals surface area contributed by atoms with Crippen LogP contribution in [0.3, 0.4) is 0 Å². The van der Waals surface area contributed by atoms with Crippen molar-refractivity contribution < 1.29 is 58.5 Å². The largest absolute Gasteiger partial charge is 0.481 e. The second-order valence-electron chi connectivity index (χ2n) is 14.9. The highest BCUT2D eigenvalue weighted by Crippen LogP contribution is 2.11. The number of hydrogen-bond acceptors (Lipinski definition) is 12. The minimum Gasteiger partial charge on any atom is -0.481 e. The molecule has 0 rings (SSSR count). The van der Waals surface area contributed by atoms with Crippen molar-refractivity contribution in [3.8, 4) is 0 Å². The first kappa shape index (κ1) is 52.1. The Balaban J connectivity index is 5.83. The lowest BCUT2D eigenvalue weighted by atomic mass is 9.97. The molecule has 57 heavy (non-hydrogen) atoms. The SMILES string of the molecule is CC[C@H](C)[C@H](NC(=O)[C@H](CC(=O)O)NC(=O)[C@H](C)NC(=O)[C@@H](N)CC(C)C)C(=O)N[C@@H](CO)C(=O)N[C@@H](CC(C)C)C(=O)NCC(=O)N[C@@H](CCCCN)C(=O)O. The molecule has 0 aromatic carbocycles. The summed E-state index contributed by atoms with van der Waals surface area (Å²) in [4.78, 5) is 114. The minimum absolute atomic E-state index is 0.0669. The summed E-state index contributed by atoms with van der Waals surface area (Å²) in [5.41, 5.74) is 11.3. The van der Waals surface area contributed by atoms with Gasteiger partial charge in [-0.25, -0.2) is 4.79 Å². The van der Waals surface area contributed by atoms with Crippen LogP contribution in [0.5, 0.6) is 0 Å². The van der Waals surface area contributed by atoms with Gasteiger partial charge in [0.15, 0.2) is 0 Å². The molecule has 0 aliphatic heterocycles.